The van der Waals surface area contributed by atoms with Crippen LogP contribution in [-0.2, 0) is 0 Å². The molecule has 1 aliphatic carbocycles. The van der Waals surface area contributed by atoms with Crippen LogP contribution in [0.3, 0.4) is 0 Å². The molecule has 0 saturated heterocycles. The van der Waals surface area contributed by atoms with Crippen molar-refractivity contribution < 1.29 is 9.84 Å². The Hall–Kier alpha value is -2.69. The number of ether oxygens (including phenoxy) is 1. The van der Waals surface area contributed by atoms with Crippen molar-refractivity contribution in [1.82, 2.24) is 9.38 Å². The van der Waals surface area contributed by atoms with Crippen LogP contribution in [0, 0.1) is 0 Å². The van der Waals surface area contributed by atoms with E-state index in [9.17, 15) is 5.11 Å². The molecule has 2 heterocycles. The van der Waals surface area contributed by atoms with Gasteiger partial charge in [0.1, 0.15) is 17.2 Å². The van der Waals surface area contributed by atoms with Crippen molar-refractivity contribution in [3.8, 4) is 22.8 Å². The largest absolute Gasteiger partial charge is 0.504 e. The minimum Gasteiger partial charge on any atom is -0.504 e. The molecule has 5 nitrogen and oxygen atoms in total. The normalized spacial score (nSPS) is 15.0. The fourth-order valence-electron chi connectivity index (χ4n) is 3.44. The summed E-state index contributed by atoms with van der Waals surface area (Å²) in [6, 6.07) is 11.9. The highest BCUT2D eigenvalue weighted by Crippen LogP contribution is 2.36. The Labute approximate surface area is 140 Å². The fraction of sp³-hybridized carbons (Fsp3) is 0.316. The number of benzene rings is 1. The summed E-state index contributed by atoms with van der Waals surface area (Å²) in [6.45, 7) is 0. The highest BCUT2D eigenvalue weighted by atomic mass is 16.5. The number of pyridine rings is 1. The first-order chi connectivity index (χ1) is 11.8. The van der Waals surface area contributed by atoms with Crippen LogP contribution in [0.15, 0.2) is 42.6 Å². The van der Waals surface area contributed by atoms with Crippen LogP contribution in [0.2, 0.25) is 0 Å². The molecule has 1 saturated carbocycles. The zero-order valence-corrected chi connectivity index (χ0v) is 13.7. The number of aromatic nitrogens is 2. The Morgan fingerprint density at radius 3 is 2.79 bits per heavy atom. The number of rotatable bonds is 4. The minimum atomic E-state index is 0.124. The molecular weight excluding hydrogens is 302 g/mol. The standard InChI is InChI=1S/C19H21N3O2/c1-24-16-10-9-13(12-15(16)23)18-19(20-14-6-2-3-7-14)22-11-5-4-8-17(22)21-18/h4-5,8-12,14,20,23H,2-3,6-7H2,1H3. The summed E-state index contributed by atoms with van der Waals surface area (Å²) in [6.07, 6.45) is 6.94. The van der Waals surface area contributed by atoms with Gasteiger partial charge in [0.05, 0.1) is 7.11 Å². The van der Waals surface area contributed by atoms with E-state index in [4.69, 9.17) is 9.72 Å². The molecule has 0 radical (unpaired) electrons. The van der Waals surface area contributed by atoms with Crippen molar-refractivity contribution in [3.05, 3.63) is 42.6 Å². The van der Waals surface area contributed by atoms with E-state index in [0.717, 1.165) is 22.7 Å². The molecule has 1 aliphatic rings. The molecule has 0 aliphatic heterocycles. The van der Waals surface area contributed by atoms with Gasteiger partial charge >= 0.3 is 0 Å². The van der Waals surface area contributed by atoms with Gasteiger partial charge in [0.15, 0.2) is 11.5 Å². The highest BCUT2D eigenvalue weighted by Gasteiger charge is 2.20. The van der Waals surface area contributed by atoms with Crippen LogP contribution >= 0.6 is 0 Å². The lowest BCUT2D eigenvalue weighted by atomic mass is 10.1. The van der Waals surface area contributed by atoms with Crippen molar-refractivity contribution >= 4 is 11.5 Å². The number of hydrogen-bond donors (Lipinski definition) is 2. The second-order valence-electron chi connectivity index (χ2n) is 6.25. The third kappa shape index (κ3) is 2.56. The van der Waals surface area contributed by atoms with E-state index >= 15 is 0 Å². The van der Waals surface area contributed by atoms with Crippen LogP contribution in [0.1, 0.15) is 25.7 Å². The Morgan fingerprint density at radius 1 is 1.21 bits per heavy atom. The summed E-state index contributed by atoms with van der Waals surface area (Å²) >= 11 is 0. The molecule has 4 rings (SSSR count). The molecular formula is C19H21N3O2. The monoisotopic (exact) mass is 323 g/mol. The molecule has 2 N–H and O–H groups in total. The van der Waals surface area contributed by atoms with Gasteiger partial charge in [-0.2, -0.15) is 0 Å². The molecule has 3 aromatic rings. The molecule has 24 heavy (non-hydrogen) atoms. The van der Waals surface area contributed by atoms with Gasteiger partial charge in [-0.25, -0.2) is 4.98 Å². The first-order valence-electron chi connectivity index (χ1n) is 8.37. The lowest BCUT2D eigenvalue weighted by molar-refractivity contribution is 0.373. The first kappa shape index (κ1) is 14.9. The van der Waals surface area contributed by atoms with Crippen molar-refractivity contribution in [2.24, 2.45) is 0 Å². The average Bonchev–Trinajstić information content (AvgIpc) is 3.23. The van der Waals surface area contributed by atoms with E-state index in [2.05, 4.69) is 9.72 Å². The van der Waals surface area contributed by atoms with Crippen LogP contribution in [0.4, 0.5) is 5.82 Å². The van der Waals surface area contributed by atoms with E-state index in [1.54, 1.807) is 19.2 Å². The number of methoxy groups -OCH3 is 1. The SMILES string of the molecule is COc1ccc(-c2nc3ccccn3c2NC2CCCC2)cc1O. The molecule has 124 valence electrons. The summed E-state index contributed by atoms with van der Waals surface area (Å²) < 4.78 is 7.22. The maximum Gasteiger partial charge on any atom is 0.160 e. The molecule has 0 atom stereocenters. The molecule has 1 aromatic carbocycles. The topological polar surface area (TPSA) is 58.8 Å². The van der Waals surface area contributed by atoms with Crippen LogP contribution in [0.25, 0.3) is 16.9 Å². The fourth-order valence-corrected chi connectivity index (χ4v) is 3.44. The second kappa shape index (κ2) is 6.07. The number of anilines is 1. The lowest BCUT2D eigenvalue weighted by Crippen LogP contribution is -2.16. The Morgan fingerprint density at radius 2 is 2.04 bits per heavy atom. The summed E-state index contributed by atoms with van der Waals surface area (Å²) in [5.74, 6) is 1.58. The van der Waals surface area contributed by atoms with Crippen LogP contribution in [0.5, 0.6) is 11.5 Å². The van der Waals surface area contributed by atoms with Gasteiger partial charge in [-0.1, -0.05) is 18.9 Å². The number of imidazole rings is 1. The van der Waals surface area contributed by atoms with Gasteiger partial charge in [-0.3, -0.25) is 4.40 Å². The van der Waals surface area contributed by atoms with Crippen molar-refractivity contribution in [2.45, 2.75) is 31.7 Å². The van der Waals surface area contributed by atoms with E-state index in [-0.39, 0.29) is 5.75 Å². The van der Waals surface area contributed by atoms with E-state index in [1.807, 2.05) is 30.5 Å². The smallest absolute Gasteiger partial charge is 0.160 e. The van der Waals surface area contributed by atoms with Crippen molar-refractivity contribution in [3.63, 3.8) is 0 Å². The van der Waals surface area contributed by atoms with Gasteiger partial charge in [0.2, 0.25) is 0 Å². The maximum atomic E-state index is 10.1. The number of nitrogens with zero attached hydrogens (tertiary/aromatic N) is 2. The maximum absolute atomic E-state index is 10.1. The second-order valence-corrected chi connectivity index (χ2v) is 6.25. The van der Waals surface area contributed by atoms with Gasteiger partial charge in [0.25, 0.3) is 0 Å². The third-order valence-electron chi connectivity index (χ3n) is 4.68. The quantitative estimate of drug-likeness (QED) is 0.760. The molecule has 5 heteroatoms. The summed E-state index contributed by atoms with van der Waals surface area (Å²) in [5.41, 5.74) is 2.62. The van der Waals surface area contributed by atoms with Gasteiger partial charge in [-0.05, 0) is 43.2 Å². The van der Waals surface area contributed by atoms with E-state index in [0.29, 0.717) is 11.8 Å². The van der Waals surface area contributed by atoms with Crippen molar-refractivity contribution in [2.75, 3.05) is 12.4 Å². The Kier molecular flexibility index (Phi) is 3.76. The van der Waals surface area contributed by atoms with Gasteiger partial charge in [-0.15, -0.1) is 0 Å². The molecule has 0 bridgehead atoms. The molecule has 0 amide bonds. The summed E-state index contributed by atoms with van der Waals surface area (Å²) in [7, 11) is 1.55. The molecule has 1 fully saturated rings. The van der Waals surface area contributed by atoms with E-state index in [1.165, 1.54) is 25.7 Å². The van der Waals surface area contributed by atoms with E-state index < -0.39 is 0 Å². The average molecular weight is 323 g/mol. The Balaban J connectivity index is 1.82. The third-order valence-corrected chi connectivity index (χ3v) is 4.68. The molecule has 2 aromatic heterocycles. The molecule has 0 spiro atoms. The zero-order chi connectivity index (χ0) is 16.5. The highest BCUT2D eigenvalue weighted by molar-refractivity contribution is 5.78. The zero-order valence-electron chi connectivity index (χ0n) is 13.7. The summed E-state index contributed by atoms with van der Waals surface area (Å²) in [5, 5.41) is 13.8. The van der Waals surface area contributed by atoms with Crippen LogP contribution < -0.4 is 10.1 Å². The van der Waals surface area contributed by atoms with Gasteiger partial charge in [0, 0.05) is 17.8 Å². The molecule has 0 unspecified atom stereocenters. The number of fused-ring (bicyclic) bond motifs is 1. The van der Waals surface area contributed by atoms with Crippen molar-refractivity contribution in [1.29, 1.82) is 0 Å². The van der Waals surface area contributed by atoms with Crippen LogP contribution in [-0.4, -0.2) is 27.6 Å². The number of phenolic OH excluding ortho intramolecular Hbond substituents is 1. The number of aromatic hydroxyl groups is 1. The number of phenols is 1. The Bertz CT molecular complexity index is 866. The van der Waals surface area contributed by atoms with Gasteiger partial charge < -0.3 is 15.2 Å². The predicted octanol–water partition coefficient (Wildman–Crippen LogP) is 4.07. The lowest BCUT2D eigenvalue weighted by Gasteiger charge is -2.15. The number of nitrogens with one attached hydrogen (secondary N) is 1. The number of hydrogen-bond acceptors (Lipinski definition) is 4. The minimum absolute atomic E-state index is 0.124. The summed E-state index contributed by atoms with van der Waals surface area (Å²) in [4.78, 5) is 4.77. The predicted molar refractivity (Wildman–Crippen MR) is 94.7 cm³/mol. The first-order valence-corrected chi connectivity index (χ1v) is 8.37.